The Kier molecular flexibility index (Phi) is 4.05. The SMILES string of the molecule is Nc1ccc2c(c1)c(-c1ccc3nsnc3c1)c(C(=O)O)n2Cc1ccc2c(c1)OCO2. The third-order valence-corrected chi connectivity index (χ3v) is 6.17. The van der Waals surface area contributed by atoms with Crippen LogP contribution in [0.3, 0.4) is 0 Å². The summed E-state index contributed by atoms with van der Waals surface area (Å²) in [4.78, 5) is 12.5. The van der Waals surface area contributed by atoms with Crippen LogP contribution in [0, 0.1) is 0 Å². The fraction of sp³-hybridized carbons (Fsp3) is 0.0870. The zero-order valence-corrected chi connectivity index (χ0v) is 17.4. The molecule has 5 aromatic rings. The van der Waals surface area contributed by atoms with Gasteiger partial charge >= 0.3 is 5.97 Å². The van der Waals surface area contributed by atoms with Gasteiger partial charge in [0.2, 0.25) is 6.79 Å². The Bertz CT molecular complexity index is 1540. The highest BCUT2D eigenvalue weighted by molar-refractivity contribution is 7.00. The van der Waals surface area contributed by atoms with E-state index in [2.05, 4.69) is 8.75 Å². The van der Waals surface area contributed by atoms with Crippen LogP contribution in [0.25, 0.3) is 33.1 Å². The Balaban J connectivity index is 1.59. The number of nitrogens with zero attached hydrogens (tertiary/aromatic N) is 3. The van der Waals surface area contributed by atoms with Crippen LogP contribution in [0.1, 0.15) is 16.1 Å². The number of rotatable bonds is 4. The second-order valence-electron chi connectivity index (χ2n) is 7.55. The number of aromatic carboxylic acids is 1. The van der Waals surface area contributed by atoms with E-state index in [1.807, 2.05) is 48.5 Å². The lowest BCUT2D eigenvalue weighted by atomic mass is 10.0. The summed E-state index contributed by atoms with van der Waals surface area (Å²) in [6.07, 6.45) is 0. The molecule has 6 rings (SSSR count). The van der Waals surface area contributed by atoms with Gasteiger partial charge in [-0.2, -0.15) is 8.75 Å². The molecule has 0 unspecified atom stereocenters. The number of carboxylic acids is 1. The van der Waals surface area contributed by atoms with E-state index in [1.54, 1.807) is 10.6 Å². The summed E-state index contributed by atoms with van der Waals surface area (Å²) in [7, 11) is 0. The molecule has 8 nitrogen and oxygen atoms in total. The van der Waals surface area contributed by atoms with Crippen molar-refractivity contribution in [2.75, 3.05) is 12.5 Å². The van der Waals surface area contributed by atoms with Gasteiger partial charge in [0, 0.05) is 28.7 Å². The summed E-state index contributed by atoms with van der Waals surface area (Å²) in [5.41, 5.74) is 11.4. The van der Waals surface area contributed by atoms with Crippen molar-refractivity contribution >= 4 is 45.3 Å². The number of hydrogen-bond donors (Lipinski definition) is 2. The first-order chi connectivity index (χ1) is 15.6. The standard InChI is InChI=1S/C23H16N4O4S/c24-14-3-5-18-15(9-14)21(13-2-4-16-17(8-13)26-32-25-16)22(23(28)29)27(18)10-12-1-6-19-20(7-12)31-11-30-19/h1-9H,10-11,24H2,(H,28,29). The van der Waals surface area contributed by atoms with E-state index >= 15 is 0 Å². The maximum Gasteiger partial charge on any atom is 0.353 e. The van der Waals surface area contributed by atoms with Crippen LogP contribution >= 0.6 is 11.7 Å². The molecule has 0 fully saturated rings. The smallest absolute Gasteiger partial charge is 0.353 e. The first-order valence-electron chi connectivity index (χ1n) is 9.85. The molecule has 9 heteroatoms. The van der Waals surface area contributed by atoms with Crippen molar-refractivity contribution in [1.82, 2.24) is 13.3 Å². The summed E-state index contributed by atoms with van der Waals surface area (Å²) in [5, 5.41) is 11.0. The number of nitrogens with two attached hydrogens (primary N) is 1. The fourth-order valence-electron chi connectivity index (χ4n) is 4.21. The number of hydrogen-bond acceptors (Lipinski definition) is 7. The van der Waals surface area contributed by atoms with Gasteiger partial charge in [-0.25, -0.2) is 4.79 Å². The molecule has 1 aliphatic rings. The van der Waals surface area contributed by atoms with Crippen molar-refractivity contribution in [1.29, 1.82) is 0 Å². The van der Waals surface area contributed by atoms with Gasteiger partial charge < -0.3 is 24.9 Å². The molecular weight excluding hydrogens is 428 g/mol. The highest BCUT2D eigenvalue weighted by Crippen LogP contribution is 2.39. The van der Waals surface area contributed by atoms with Crippen LogP contribution in [0.4, 0.5) is 5.69 Å². The zero-order chi connectivity index (χ0) is 21.8. The van der Waals surface area contributed by atoms with Crippen LogP contribution < -0.4 is 15.2 Å². The topological polar surface area (TPSA) is 112 Å². The number of carboxylic acid groups (broad SMARTS) is 1. The highest BCUT2D eigenvalue weighted by atomic mass is 32.1. The predicted molar refractivity (Wildman–Crippen MR) is 121 cm³/mol. The monoisotopic (exact) mass is 444 g/mol. The number of nitrogen functional groups attached to an aromatic ring is 1. The molecule has 0 radical (unpaired) electrons. The zero-order valence-electron chi connectivity index (χ0n) is 16.6. The lowest BCUT2D eigenvalue weighted by Gasteiger charge is -2.10. The van der Waals surface area contributed by atoms with Gasteiger partial charge in [-0.15, -0.1) is 0 Å². The first-order valence-corrected chi connectivity index (χ1v) is 10.6. The quantitative estimate of drug-likeness (QED) is 0.396. The largest absolute Gasteiger partial charge is 0.477 e. The van der Waals surface area contributed by atoms with Gasteiger partial charge in [-0.05, 0) is 53.6 Å². The van der Waals surface area contributed by atoms with E-state index in [9.17, 15) is 9.90 Å². The van der Waals surface area contributed by atoms with Gasteiger partial charge in [-0.3, -0.25) is 0 Å². The van der Waals surface area contributed by atoms with Crippen molar-refractivity contribution in [3.63, 3.8) is 0 Å². The molecular formula is C23H16N4O4S. The molecule has 1 aliphatic heterocycles. The first kappa shape index (κ1) is 18.6. The van der Waals surface area contributed by atoms with E-state index in [1.165, 1.54) is 0 Å². The lowest BCUT2D eigenvalue weighted by Crippen LogP contribution is -2.10. The minimum absolute atomic E-state index is 0.184. The molecule has 3 N–H and O–H groups in total. The molecule has 0 atom stereocenters. The van der Waals surface area contributed by atoms with Crippen molar-refractivity contribution in [2.45, 2.75) is 6.54 Å². The second-order valence-corrected chi connectivity index (χ2v) is 8.08. The molecule has 2 aromatic heterocycles. The van der Waals surface area contributed by atoms with Crippen molar-refractivity contribution in [3.8, 4) is 22.6 Å². The second kappa shape index (κ2) is 6.96. The van der Waals surface area contributed by atoms with E-state index in [4.69, 9.17) is 15.2 Å². The van der Waals surface area contributed by atoms with Crippen molar-refractivity contribution in [2.24, 2.45) is 0 Å². The van der Waals surface area contributed by atoms with E-state index in [0.29, 0.717) is 29.3 Å². The van der Waals surface area contributed by atoms with Crippen LogP contribution in [-0.2, 0) is 6.54 Å². The summed E-state index contributed by atoms with van der Waals surface area (Å²) < 4.78 is 21.2. The molecule has 0 saturated heterocycles. The Morgan fingerprint density at radius 3 is 2.75 bits per heavy atom. The predicted octanol–water partition coefficient (Wildman–Crippen LogP) is 4.37. The minimum atomic E-state index is -1.02. The van der Waals surface area contributed by atoms with E-state index in [-0.39, 0.29) is 12.5 Å². The van der Waals surface area contributed by atoms with Crippen molar-refractivity contribution < 1.29 is 19.4 Å². The molecule has 158 valence electrons. The third-order valence-electron chi connectivity index (χ3n) is 5.61. The molecule has 32 heavy (non-hydrogen) atoms. The number of ether oxygens (including phenoxy) is 2. The van der Waals surface area contributed by atoms with E-state index in [0.717, 1.165) is 44.8 Å². The highest BCUT2D eigenvalue weighted by Gasteiger charge is 2.25. The normalized spacial score (nSPS) is 12.6. The lowest BCUT2D eigenvalue weighted by molar-refractivity contribution is 0.0687. The molecule has 0 amide bonds. The van der Waals surface area contributed by atoms with Gasteiger partial charge in [-0.1, -0.05) is 12.1 Å². The number of aromatic nitrogens is 3. The Hall–Kier alpha value is -4.11. The molecule has 3 heterocycles. The maximum atomic E-state index is 12.5. The Labute approximate surface area is 185 Å². The van der Waals surface area contributed by atoms with Crippen LogP contribution in [0.5, 0.6) is 11.5 Å². The van der Waals surface area contributed by atoms with Crippen molar-refractivity contribution in [3.05, 3.63) is 65.9 Å². The molecule has 0 aliphatic carbocycles. The molecule has 0 spiro atoms. The number of fused-ring (bicyclic) bond motifs is 3. The van der Waals surface area contributed by atoms with E-state index < -0.39 is 5.97 Å². The van der Waals surface area contributed by atoms with Gasteiger partial charge in [0.05, 0.1) is 11.7 Å². The average Bonchev–Trinajstić information content (AvgIpc) is 3.50. The average molecular weight is 444 g/mol. The number of anilines is 1. The minimum Gasteiger partial charge on any atom is -0.477 e. The number of benzene rings is 3. The Morgan fingerprint density at radius 2 is 1.88 bits per heavy atom. The van der Waals surface area contributed by atoms with Gasteiger partial charge in [0.25, 0.3) is 0 Å². The third kappa shape index (κ3) is 2.86. The van der Waals surface area contributed by atoms with Crippen LogP contribution in [0.15, 0.2) is 54.6 Å². The van der Waals surface area contributed by atoms with Gasteiger partial charge in [0.15, 0.2) is 11.5 Å². The summed E-state index contributed by atoms with van der Waals surface area (Å²) in [5.74, 6) is 0.317. The number of carbonyl (C=O) groups is 1. The fourth-order valence-corrected chi connectivity index (χ4v) is 4.73. The van der Waals surface area contributed by atoms with Gasteiger partial charge in [0.1, 0.15) is 16.7 Å². The van der Waals surface area contributed by atoms with Crippen LogP contribution in [-0.4, -0.2) is 31.2 Å². The summed E-state index contributed by atoms with van der Waals surface area (Å²) in [6.45, 7) is 0.530. The maximum absolute atomic E-state index is 12.5. The molecule has 3 aromatic carbocycles. The molecule has 0 bridgehead atoms. The molecule has 0 saturated carbocycles. The van der Waals surface area contributed by atoms with Crippen LogP contribution in [0.2, 0.25) is 0 Å². The summed E-state index contributed by atoms with van der Waals surface area (Å²) >= 11 is 1.13. The Morgan fingerprint density at radius 1 is 1.03 bits per heavy atom. The summed E-state index contributed by atoms with van der Waals surface area (Å²) in [6, 6.07) is 16.7.